The number of aromatic nitrogens is 1. The highest BCUT2D eigenvalue weighted by Gasteiger charge is 2.24. The first-order chi connectivity index (χ1) is 8.88. The SMILES string of the molecule is Cc1nc(C(C)(C)C)sc1C(C)NC1CCCCC1. The van der Waals surface area contributed by atoms with Crippen molar-refractivity contribution in [2.24, 2.45) is 0 Å². The first-order valence-electron chi connectivity index (χ1n) is 7.62. The van der Waals surface area contributed by atoms with Crippen molar-refractivity contribution in [1.29, 1.82) is 0 Å². The Morgan fingerprint density at radius 3 is 2.37 bits per heavy atom. The van der Waals surface area contributed by atoms with Gasteiger partial charge in [0.2, 0.25) is 0 Å². The van der Waals surface area contributed by atoms with Crippen molar-refractivity contribution in [1.82, 2.24) is 10.3 Å². The minimum Gasteiger partial charge on any atom is -0.307 e. The Labute approximate surface area is 122 Å². The quantitative estimate of drug-likeness (QED) is 0.865. The Morgan fingerprint density at radius 2 is 1.84 bits per heavy atom. The van der Waals surface area contributed by atoms with E-state index in [1.54, 1.807) is 0 Å². The van der Waals surface area contributed by atoms with Crippen molar-refractivity contribution < 1.29 is 0 Å². The zero-order valence-corrected chi connectivity index (χ0v) is 13.9. The van der Waals surface area contributed by atoms with Gasteiger partial charge in [-0.25, -0.2) is 4.98 Å². The number of hydrogen-bond acceptors (Lipinski definition) is 3. The minimum atomic E-state index is 0.165. The lowest BCUT2D eigenvalue weighted by Gasteiger charge is -2.26. The molecule has 2 nitrogen and oxygen atoms in total. The van der Waals surface area contributed by atoms with Crippen LogP contribution in [0.3, 0.4) is 0 Å². The molecule has 0 spiro atoms. The Morgan fingerprint density at radius 1 is 1.21 bits per heavy atom. The van der Waals surface area contributed by atoms with Gasteiger partial charge in [-0.05, 0) is 26.7 Å². The lowest BCUT2D eigenvalue weighted by molar-refractivity contribution is 0.348. The maximum Gasteiger partial charge on any atom is 0.0985 e. The van der Waals surface area contributed by atoms with Gasteiger partial charge in [0, 0.05) is 22.4 Å². The van der Waals surface area contributed by atoms with Gasteiger partial charge in [0.05, 0.1) is 10.7 Å². The molecule has 108 valence electrons. The van der Waals surface area contributed by atoms with Gasteiger partial charge < -0.3 is 5.32 Å². The van der Waals surface area contributed by atoms with Crippen molar-refractivity contribution in [3.05, 3.63) is 15.6 Å². The molecule has 1 heterocycles. The van der Waals surface area contributed by atoms with Crippen LogP contribution in [0.15, 0.2) is 0 Å². The average Bonchev–Trinajstić information content (AvgIpc) is 2.72. The Bertz CT molecular complexity index is 411. The summed E-state index contributed by atoms with van der Waals surface area (Å²) in [5, 5.41) is 5.07. The third kappa shape index (κ3) is 3.79. The summed E-state index contributed by atoms with van der Waals surface area (Å²) in [7, 11) is 0. The van der Waals surface area contributed by atoms with E-state index in [1.807, 2.05) is 11.3 Å². The molecule has 0 bridgehead atoms. The molecule has 1 aromatic rings. The van der Waals surface area contributed by atoms with E-state index < -0.39 is 0 Å². The van der Waals surface area contributed by atoms with Crippen LogP contribution in [0.4, 0.5) is 0 Å². The molecule has 1 saturated carbocycles. The average molecular weight is 280 g/mol. The van der Waals surface area contributed by atoms with Crippen LogP contribution in [-0.4, -0.2) is 11.0 Å². The molecule has 1 fully saturated rings. The lowest BCUT2D eigenvalue weighted by Crippen LogP contribution is -2.33. The molecular formula is C16H28N2S. The number of aryl methyl sites for hydroxylation is 1. The van der Waals surface area contributed by atoms with Gasteiger partial charge in [-0.1, -0.05) is 40.0 Å². The first kappa shape index (κ1) is 15.0. The van der Waals surface area contributed by atoms with Crippen LogP contribution in [0.5, 0.6) is 0 Å². The topological polar surface area (TPSA) is 24.9 Å². The van der Waals surface area contributed by atoms with E-state index in [0.29, 0.717) is 12.1 Å². The van der Waals surface area contributed by atoms with Crippen LogP contribution in [-0.2, 0) is 5.41 Å². The highest BCUT2D eigenvalue weighted by Crippen LogP contribution is 2.33. The molecule has 3 heteroatoms. The molecule has 2 rings (SSSR count). The highest BCUT2D eigenvalue weighted by molar-refractivity contribution is 7.12. The molecule has 1 aromatic heterocycles. The van der Waals surface area contributed by atoms with E-state index in [2.05, 4.69) is 39.9 Å². The molecule has 19 heavy (non-hydrogen) atoms. The fraction of sp³-hybridized carbons (Fsp3) is 0.812. The summed E-state index contributed by atoms with van der Waals surface area (Å²) in [6.07, 6.45) is 6.88. The third-order valence-corrected chi connectivity index (χ3v) is 5.72. The van der Waals surface area contributed by atoms with Crippen LogP contribution in [0.25, 0.3) is 0 Å². The highest BCUT2D eigenvalue weighted by atomic mass is 32.1. The predicted molar refractivity (Wildman–Crippen MR) is 84.0 cm³/mol. The third-order valence-electron chi connectivity index (χ3n) is 3.96. The second-order valence-electron chi connectivity index (χ2n) is 6.94. The van der Waals surface area contributed by atoms with Crippen LogP contribution >= 0.6 is 11.3 Å². The zero-order chi connectivity index (χ0) is 14.0. The fourth-order valence-electron chi connectivity index (χ4n) is 2.83. The van der Waals surface area contributed by atoms with Crippen molar-refractivity contribution in [2.45, 2.75) is 84.2 Å². The van der Waals surface area contributed by atoms with Gasteiger partial charge in [0.1, 0.15) is 0 Å². The van der Waals surface area contributed by atoms with Gasteiger partial charge in [-0.15, -0.1) is 11.3 Å². The van der Waals surface area contributed by atoms with Gasteiger partial charge in [0.15, 0.2) is 0 Å². The molecule has 1 aliphatic rings. The molecule has 1 N–H and O–H groups in total. The summed E-state index contributed by atoms with van der Waals surface area (Å²) < 4.78 is 0. The summed E-state index contributed by atoms with van der Waals surface area (Å²) in [5.41, 5.74) is 1.38. The van der Waals surface area contributed by atoms with E-state index in [-0.39, 0.29) is 5.41 Å². The van der Waals surface area contributed by atoms with Crippen LogP contribution in [0.2, 0.25) is 0 Å². The number of rotatable bonds is 3. The normalized spacial score (nSPS) is 19.6. The maximum atomic E-state index is 4.77. The second-order valence-corrected chi connectivity index (χ2v) is 7.97. The van der Waals surface area contributed by atoms with Crippen LogP contribution in [0.1, 0.15) is 81.4 Å². The van der Waals surface area contributed by atoms with Gasteiger partial charge in [-0.3, -0.25) is 0 Å². The Hall–Kier alpha value is -0.410. The van der Waals surface area contributed by atoms with E-state index in [4.69, 9.17) is 4.98 Å². The van der Waals surface area contributed by atoms with E-state index in [1.165, 1.54) is 47.7 Å². The molecule has 0 aromatic carbocycles. The predicted octanol–water partition coefficient (Wildman–Crippen LogP) is 4.73. The van der Waals surface area contributed by atoms with Crippen molar-refractivity contribution >= 4 is 11.3 Å². The smallest absolute Gasteiger partial charge is 0.0985 e. The standard InChI is InChI=1S/C16H28N2S/c1-11(17-13-9-7-6-8-10-13)14-12(2)18-15(19-14)16(3,4)5/h11,13,17H,6-10H2,1-5H3. The number of nitrogens with one attached hydrogen (secondary N) is 1. The number of nitrogens with zero attached hydrogens (tertiary/aromatic N) is 1. The van der Waals surface area contributed by atoms with Crippen LogP contribution < -0.4 is 5.32 Å². The van der Waals surface area contributed by atoms with Crippen molar-refractivity contribution in [3.8, 4) is 0 Å². The molecular weight excluding hydrogens is 252 g/mol. The molecule has 0 radical (unpaired) electrons. The van der Waals surface area contributed by atoms with E-state index >= 15 is 0 Å². The Kier molecular flexibility index (Phi) is 4.67. The van der Waals surface area contributed by atoms with E-state index in [9.17, 15) is 0 Å². The number of thiazole rings is 1. The Balaban J connectivity index is 2.06. The summed E-state index contributed by atoms with van der Waals surface area (Å²) >= 11 is 1.89. The van der Waals surface area contributed by atoms with Gasteiger partial charge in [-0.2, -0.15) is 0 Å². The van der Waals surface area contributed by atoms with Crippen molar-refractivity contribution in [2.75, 3.05) is 0 Å². The molecule has 0 aliphatic heterocycles. The van der Waals surface area contributed by atoms with Crippen molar-refractivity contribution in [3.63, 3.8) is 0 Å². The maximum absolute atomic E-state index is 4.77. The van der Waals surface area contributed by atoms with Gasteiger partial charge in [0.25, 0.3) is 0 Å². The second kappa shape index (κ2) is 5.92. The molecule has 1 aliphatic carbocycles. The zero-order valence-electron chi connectivity index (χ0n) is 13.0. The fourth-order valence-corrected chi connectivity index (χ4v) is 3.96. The summed E-state index contributed by atoms with van der Waals surface area (Å²) in [4.78, 5) is 6.20. The lowest BCUT2D eigenvalue weighted by atomic mass is 9.95. The summed E-state index contributed by atoms with van der Waals surface area (Å²) in [6.45, 7) is 11.2. The molecule has 1 atom stereocenters. The monoisotopic (exact) mass is 280 g/mol. The largest absolute Gasteiger partial charge is 0.307 e. The van der Waals surface area contributed by atoms with E-state index in [0.717, 1.165) is 0 Å². The molecule has 0 amide bonds. The molecule has 0 saturated heterocycles. The van der Waals surface area contributed by atoms with Gasteiger partial charge >= 0.3 is 0 Å². The van der Waals surface area contributed by atoms with Crippen LogP contribution in [0, 0.1) is 6.92 Å². The summed E-state index contributed by atoms with van der Waals surface area (Å²) in [5.74, 6) is 0. The number of hydrogen-bond donors (Lipinski definition) is 1. The first-order valence-corrected chi connectivity index (χ1v) is 8.43. The summed E-state index contributed by atoms with van der Waals surface area (Å²) in [6, 6.07) is 1.15. The minimum absolute atomic E-state index is 0.165. The molecule has 1 unspecified atom stereocenters.